The minimum atomic E-state index is -0.321. The van der Waals surface area contributed by atoms with Gasteiger partial charge in [-0.1, -0.05) is 19.1 Å². The van der Waals surface area contributed by atoms with Gasteiger partial charge in [0.25, 0.3) is 0 Å². The molecule has 1 aromatic heterocycles. The van der Waals surface area contributed by atoms with Crippen LogP contribution in [-0.4, -0.2) is 54.7 Å². The van der Waals surface area contributed by atoms with Crippen molar-refractivity contribution in [3.8, 4) is 5.75 Å². The minimum absolute atomic E-state index is 0.157. The number of likely N-dealkylation sites (N-methyl/N-ethyl adjacent to an activating group) is 1. The van der Waals surface area contributed by atoms with E-state index in [1.54, 1.807) is 18.3 Å². The molecule has 1 aliphatic rings. The van der Waals surface area contributed by atoms with E-state index in [9.17, 15) is 4.79 Å². The normalized spacial score (nSPS) is 16.6. The van der Waals surface area contributed by atoms with Crippen LogP contribution in [0.4, 0.5) is 5.82 Å². The molecule has 1 fully saturated rings. The van der Waals surface area contributed by atoms with Gasteiger partial charge in [-0.3, -0.25) is 4.90 Å². The fourth-order valence-corrected chi connectivity index (χ4v) is 3.77. The summed E-state index contributed by atoms with van der Waals surface area (Å²) in [5.41, 5.74) is 1.78. The van der Waals surface area contributed by atoms with Crippen LogP contribution in [0.5, 0.6) is 5.75 Å². The number of hydrogen-bond donors (Lipinski definition) is 0. The first-order chi connectivity index (χ1) is 14.5. The number of benzene rings is 1. The fraction of sp³-hybridized carbons (Fsp3) is 0.500. The number of likely N-dealkylation sites (tertiary alicyclic amines) is 1. The summed E-state index contributed by atoms with van der Waals surface area (Å²) in [6, 6.07) is 12.2. The van der Waals surface area contributed by atoms with Crippen LogP contribution in [0.15, 0.2) is 42.6 Å². The van der Waals surface area contributed by atoms with E-state index in [1.807, 2.05) is 27.0 Å². The molecule has 3 rings (SSSR count). The summed E-state index contributed by atoms with van der Waals surface area (Å²) >= 11 is 0. The minimum Gasteiger partial charge on any atom is -0.494 e. The van der Waals surface area contributed by atoms with Crippen LogP contribution < -0.4 is 9.64 Å². The van der Waals surface area contributed by atoms with E-state index in [1.165, 1.54) is 5.56 Å². The highest BCUT2D eigenvalue weighted by Crippen LogP contribution is 2.25. The Labute approximate surface area is 179 Å². The second-order valence-corrected chi connectivity index (χ2v) is 8.11. The highest BCUT2D eigenvalue weighted by Gasteiger charge is 2.29. The van der Waals surface area contributed by atoms with Gasteiger partial charge < -0.3 is 14.4 Å². The fourth-order valence-electron chi connectivity index (χ4n) is 3.77. The average Bonchev–Trinajstić information content (AvgIpc) is 3.20. The van der Waals surface area contributed by atoms with Gasteiger partial charge in [0.2, 0.25) is 0 Å². The molecule has 0 amide bonds. The van der Waals surface area contributed by atoms with Crippen LogP contribution in [0.2, 0.25) is 0 Å². The number of carbonyl (C=O) groups excluding carboxylic acids is 1. The second kappa shape index (κ2) is 10.4. The van der Waals surface area contributed by atoms with Gasteiger partial charge >= 0.3 is 5.97 Å². The first-order valence-electron chi connectivity index (χ1n) is 10.8. The van der Waals surface area contributed by atoms with Crippen molar-refractivity contribution < 1.29 is 14.3 Å². The summed E-state index contributed by atoms with van der Waals surface area (Å²) in [5.74, 6) is 1.30. The van der Waals surface area contributed by atoms with Crippen molar-refractivity contribution in [2.45, 2.75) is 52.3 Å². The Kier molecular flexibility index (Phi) is 7.69. The van der Waals surface area contributed by atoms with E-state index in [-0.39, 0.29) is 12.1 Å². The number of aromatic nitrogens is 1. The van der Waals surface area contributed by atoms with Crippen molar-refractivity contribution in [1.29, 1.82) is 0 Å². The zero-order valence-electron chi connectivity index (χ0n) is 18.5. The van der Waals surface area contributed by atoms with Crippen molar-refractivity contribution >= 4 is 11.8 Å². The highest BCUT2D eigenvalue weighted by molar-refractivity contribution is 5.94. The van der Waals surface area contributed by atoms with Crippen molar-refractivity contribution in [3.05, 3.63) is 53.7 Å². The molecule has 1 saturated heterocycles. The van der Waals surface area contributed by atoms with Crippen LogP contribution >= 0.6 is 0 Å². The lowest BCUT2D eigenvalue weighted by molar-refractivity contribution is 0.0378. The van der Waals surface area contributed by atoms with Gasteiger partial charge in [-0.25, -0.2) is 9.78 Å². The summed E-state index contributed by atoms with van der Waals surface area (Å²) < 4.78 is 11.2. The lowest BCUT2D eigenvalue weighted by Crippen LogP contribution is -2.36. The third kappa shape index (κ3) is 5.72. The molecule has 0 radical (unpaired) electrons. The Hall–Kier alpha value is -2.60. The van der Waals surface area contributed by atoms with Crippen molar-refractivity contribution in [1.82, 2.24) is 9.88 Å². The van der Waals surface area contributed by atoms with E-state index >= 15 is 0 Å². The predicted octanol–water partition coefficient (Wildman–Crippen LogP) is 4.15. The monoisotopic (exact) mass is 411 g/mol. The molecule has 162 valence electrons. The smallest absolute Gasteiger partial charge is 0.342 e. The Bertz CT molecular complexity index is 840. The van der Waals surface area contributed by atoms with Crippen LogP contribution in [0, 0.1) is 0 Å². The SMILES string of the molecule is CCCOc1cccc(CN2CC[C@@H](N(C)c3ncccc3C(=O)OC(C)C)C2)c1. The molecular formula is C24H33N3O3. The number of hydrogen-bond acceptors (Lipinski definition) is 6. The van der Waals surface area contributed by atoms with E-state index in [0.29, 0.717) is 17.4 Å². The quantitative estimate of drug-likeness (QED) is 0.578. The molecule has 6 nitrogen and oxygen atoms in total. The molecule has 0 saturated carbocycles. The Morgan fingerprint density at radius 1 is 1.30 bits per heavy atom. The zero-order chi connectivity index (χ0) is 21.5. The molecular weight excluding hydrogens is 378 g/mol. The third-order valence-electron chi connectivity index (χ3n) is 5.26. The summed E-state index contributed by atoms with van der Waals surface area (Å²) in [4.78, 5) is 21.5. The number of nitrogens with zero attached hydrogens (tertiary/aromatic N) is 3. The van der Waals surface area contributed by atoms with Crippen molar-refractivity contribution in [3.63, 3.8) is 0 Å². The van der Waals surface area contributed by atoms with E-state index < -0.39 is 0 Å². The Balaban J connectivity index is 1.64. The first-order valence-corrected chi connectivity index (χ1v) is 10.8. The van der Waals surface area contributed by atoms with Gasteiger partial charge in [0.1, 0.15) is 17.1 Å². The lowest BCUT2D eigenvalue weighted by Gasteiger charge is -2.27. The van der Waals surface area contributed by atoms with Gasteiger partial charge in [0.05, 0.1) is 12.7 Å². The van der Waals surface area contributed by atoms with E-state index in [4.69, 9.17) is 9.47 Å². The van der Waals surface area contributed by atoms with Gasteiger partial charge in [0, 0.05) is 38.9 Å². The molecule has 1 aromatic carbocycles. The van der Waals surface area contributed by atoms with Gasteiger partial charge in [-0.15, -0.1) is 0 Å². The lowest BCUT2D eigenvalue weighted by atomic mass is 10.2. The van der Waals surface area contributed by atoms with Crippen LogP contribution in [0.3, 0.4) is 0 Å². The summed E-state index contributed by atoms with van der Waals surface area (Å²) in [7, 11) is 2.02. The van der Waals surface area contributed by atoms with Crippen LogP contribution in [-0.2, 0) is 11.3 Å². The number of anilines is 1. The molecule has 2 heterocycles. The van der Waals surface area contributed by atoms with E-state index in [2.05, 4.69) is 39.9 Å². The maximum absolute atomic E-state index is 12.5. The number of carbonyl (C=O) groups is 1. The van der Waals surface area contributed by atoms with Gasteiger partial charge in [-0.2, -0.15) is 0 Å². The standard InChI is InChI=1S/C24H33N3O3/c1-5-14-29-21-9-6-8-19(15-21)16-27-13-11-20(17-27)26(4)23-22(10-7-12-25-23)24(28)30-18(2)3/h6-10,12,15,18,20H,5,11,13-14,16-17H2,1-4H3/t20-/m1/s1. The molecule has 1 atom stereocenters. The summed E-state index contributed by atoms with van der Waals surface area (Å²) in [6.07, 6.45) is 3.60. The molecule has 1 aliphatic heterocycles. The largest absolute Gasteiger partial charge is 0.494 e. The summed E-state index contributed by atoms with van der Waals surface area (Å²) in [6.45, 7) is 9.38. The van der Waals surface area contributed by atoms with Crippen molar-refractivity contribution in [2.24, 2.45) is 0 Å². The molecule has 0 N–H and O–H groups in total. The molecule has 6 heteroatoms. The van der Waals surface area contributed by atoms with E-state index in [0.717, 1.165) is 44.8 Å². The number of esters is 1. The van der Waals surface area contributed by atoms with Gasteiger partial charge in [-0.05, 0) is 56.5 Å². The molecule has 30 heavy (non-hydrogen) atoms. The topological polar surface area (TPSA) is 54.9 Å². The average molecular weight is 412 g/mol. The second-order valence-electron chi connectivity index (χ2n) is 8.11. The molecule has 0 aliphatic carbocycles. The Morgan fingerprint density at radius 2 is 2.13 bits per heavy atom. The molecule has 0 spiro atoms. The first kappa shape index (κ1) is 22.1. The molecule has 0 bridgehead atoms. The van der Waals surface area contributed by atoms with Crippen molar-refractivity contribution in [2.75, 3.05) is 31.6 Å². The molecule has 2 aromatic rings. The summed E-state index contributed by atoms with van der Waals surface area (Å²) in [5, 5.41) is 0. The van der Waals surface area contributed by atoms with Gasteiger partial charge in [0.15, 0.2) is 0 Å². The third-order valence-corrected chi connectivity index (χ3v) is 5.26. The zero-order valence-corrected chi connectivity index (χ0v) is 18.5. The maximum Gasteiger partial charge on any atom is 0.342 e. The van der Waals surface area contributed by atoms with Crippen LogP contribution in [0.1, 0.15) is 49.5 Å². The maximum atomic E-state index is 12.5. The number of ether oxygens (including phenoxy) is 2. The Morgan fingerprint density at radius 3 is 2.90 bits per heavy atom. The van der Waals surface area contributed by atoms with Crippen LogP contribution in [0.25, 0.3) is 0 Å². The number of rotatable bonds is 9. The number of pyridine rings is 1. The predicted molar refractivity (Wildman–Crippen MR) is 119 cm³/mol. The highest BCUT2D eigenvalue weighted by atomic mass is 16.5. The molecule has 0 unspecified atom stereocenters.